The van der Waals surface area contributed by atoms with E-state index in [1.807, 2.05) is 30.1 Å². The predicted molar refractivity (Wildman–Crippen MR) is 116 cm³/mol. The van der Waals surface area contributed by atoms with Crippen LogP contribution in [0.4, 0.5) is 5.69 Å². The van der Waals surface area contributed by atoms with Gasteiger partial charge < -0.3 is 9.47 Å². The van der Waals surface area contributed by atoms with Crippen molar-refractivity contribution < 1.29 is 4.79 Å². The Morgan fingerprint density at radius 2 is 1.77 bits per heavy atom. The Morgan fingerprint density at radius 1 is 1.10 bits per heavy atom. The Bertz CT molecular complexity index is 1340. The van der Waals surface area contributed by atoms with Crippen LogP contribution in [0.15, 0.2) is 52.0 Å². The summed E-state index contributed by atoms with van der Waals surface area (Å²) >= 11 is 0. The lowest BCUT2D eigenvalue weighted by molar-refractivity contribution is -0.117. The van der Waals surface area contributed by atoms with Crippen molar-refractivity contribution in [3.8, 4) is 0 Å². The minimum atomic E-state index is -0.652. The molecule has 3 aromatic rings. The van der Waals surface area contributed by atoms with Gasteiger partial charge in [0, 0.05) is 44.0 Å². The van der Waals surface area contributed by atoms with Gasteiger partial charge in [0.15, 0.2) is 16.9 Å². The summed E-state index contributed by atoms with van der Waals surface area (Å²) in [7, 11) is 4.93. The van der Waals surface area contributed by atoms with Gasteiger partial charge in [-0.15, -0.1) is 0 Å². The summed E-state index contributed by atoms with van der Waals surface area (Å²) in [5.41, 5.74) is 2.39. The number of nitrogens with zero attached hydrogens (tertiary/aromatic N) is 5. The summed E-state index contributed by atoms with van der Waals surface area (Å²) in [5.74, 6) is -0.145. The maximum absolute atomic E-state index is 13.2. The maximum Gasteiger partial charge on any atom is 0.332 e. The molecule has 0 radical (unpaired) electrons. The van der Waals surface area contributed by atoms with E-state index in [1.54, 1.807) is 24.6 Å². The SMILES string of the molecule is CC(C(=O)C=C1N(C)c2ccccc2C1(C)C)n1cnc2c1c(=O)n(C)c(=O)n2C. The summed E-state index contributed by atoms with van der Waals surface area (Å²) in [6.45, 7) is 5.93. The van der Waals surface area contributed by atoms with Crippen molar-refractivity contribution in [1.82, 2.24) is 18.7 Å². The molecule has 8 heteroatoms. The first-order chi connectivity index (χ1) is 14.1. The number of imidazole rings is 1. The Kier molecular flexibility index (Phi) is 4.34. The maximum atomic E-state index is 13.2. The summed E-state index contributed by atoms with van der Waals surface area (Å²) in [6.07, 6.45) is 3.10. The highest BCUT2D eigenvalue weighted by molar-refractivity contribution is 5.96. The summed E-state index contributed by atoms with van der Waals surface area (Å²) in [4.78, 5) is 44.4. The number of hydrogen-bond acceptors (Lipinski definition) is 5. The molecule has 156 valence electrons. The van der Waals surface area contributed by atoms with Crippen LogP contribution in [0.3, 0.4) is 0 Å². The number of hydrogen-bond donors (Lipinski definition) is 0. The van der Waals surface area contributed by atoms with Gasteiger partial charge in [-0.1, -0.05) is 32.0 Å². The highest BCUT2D eigenvalue weighted by Gasteiger charge is 2.39. The fourth-order valence-corrected chi connectivity index (χ4v) is 4.31. The molecule has 1 aliphatic heterocycles. The van der Waals surface area contributed by atoms with Gasteiger partial charge in [-0.25, -0.2) is 9.78 Å². The molecule has 8 nitrogen and oxygen atoms in total. The Balaban J connectivity index is 1.79. The minimum Gasteiger partial charge on any atom is -0.347 e. The number of benzene rings is 1. The van der Waals surface area contributed by atoms with E-state index >= 15 is 0 Å². The van der Waals surface area contributed by atoms with Crippen LogP contribution in [0.25, 0.3) is 11.2 Å². The third-order valence-electron chi connectivity index (χ3n) is 6.22. The van der Waals surface area contributed by atoms with E-state index in [9.17, 15) is 14.4 Å². The number of carbonyl (C=O) groups excluding carboxylic acids is 1. The normalized spacial score (nSPS) is 17.5. The monoisotopic (exact) mass is 407 g/mol. The topological polar surface area (TPSA) is 82.1 Å². The van der Waals surface area contributed by atoms with Crippen LogP contribution in [-0.2, 0) is 24.3 Å². The molecular formula is C22H25N5O3. The van der Waals surface area contributed by atoms with Crippen molar-refractivity contribution in [2.75, 3.05) is 11.9 Å². The number of ketones is 1. The highest BCUT2D eigenvalue weighted by Crippen LogP contribution is 2.46. The molecule has 1 aliphatic rings. The van der Waals surface area contributed by atoms with Gasteiger partial charge in [-0.2, -0.15) is 0 Å². The molecule has 1 aromatic carbocycles. The van der Waals surface area contributed by atoms with Crippen molar-refractivity contribution >= 4 is 22.6 Å². The van der Waals surface area contributed by atoms with Crippen LogP contribution in [0.1, 0.15) is 32.4 Å². The Morgan fingerprint density at radius 3 is 2.43 bits per heavy atom. The lowest BCUT2D eigenvalue weighted by Gasteiger charge is -2.24. The third-order valence-corrected chi connectivity index (χ3v) is 6.22. The molecule has 0 fully saturated rings. The highest BCUT2D eigenvalue weighted by atomic mass is 16.2. The van der Waals surface area contributed by atoms with Crippen molar-refractivity contribution in [3.63, 3.8) is 0 Å². The fourth-order valence-electron chi connectivity index (χ4n) is 4.31. The average Bonchev–Trinajstić information content (AvgIpc) is 3.25. The number of likely N-dealkylation sites (N-methyl/N-ethyl adjacent to an activating group) is 1. The molecule has 1 atom stereocenters. The van der Waals surface area contributed by atoms with E-state index < -0.39 is 17.3 Å². The zero-order chi connectivity index (χ0) is 22.0. The zero-order valence-electron chi connectivity index (χ0n) is 18.0. The summed E-state index contributed by atoms with van der Waals surface area (Å²) in [5, 5.41) is 0. The molecule has 0 N–H and O–H groups in total. The molecule has 0 amide bonds. The number of allylic oxidation sites excluding steroid dienone is 2. The van der Waals surface area contributed by atoms with E-state index in [1.165, 1.54) is 17.9 Å². The van der Waals surface area contributed by atoms with Crippen LogP contribution in [0, 0.1) is 0 Å². The fraction of sp³-hybridized carbons (Fsp3) is 0.364. The number of para-hydroxylation sites is 1. The quantitative estimate of drug-likeness (QED) is 0.619. The van der Waals surface area contributed by atoms with Crippen LogP contribution in [0.5, 0.6) is 0 Å². The van der Waals surface area contributed by atoms with Gasteiger partial charge in [-0.3, -0.25) is 18.7 Å². The van der Waals surface area contributed by atoms with Crippen LogP contribution in [-0.4, -0.2) is 31.5 Å². The number of carbonyl (C=O) groups is 1. The number of rotatable bonds is 3. The van der Waals surface area contributed by atoms with E-state index in [-0.39, 0.29) is 22.4 Å². The van der Waals surface area contributed by atoms with Gasteiger partial charge >= 0.3 is 5.69 Å². The largest absolute Gasteiger partial charge is 0.347 e. The smallest absolute Gasteiger partial charge is 0.332 e. The third kappa shape index (κ3) is 2.59. The van der Waals surface area contributed by atoms with Gasteiger partial charge in [0.2, 0.25) is 0 Å². The van der Waals surface area contributed by atoms with Crippen molar-refractivity contribution in [2.24, 2.45) is 14.1 Å². The van der Waals surface area contributed by atoms with Crippen molar-refractivity contribution in [3.05, 3.63) is 68.8 Å². The van der Waals surface area contributed by atoms with E-state index in [2.05, 4.69) is 24.9 Å². The lowest BCUT2D eigenvalue weighted by atomic mass is 9.83. The first-order valence-corrected chi connectivity index (χ1v) is 9.79. The predicted octanol–water partition coefficient (Wildman–Crippen LogP) is 1.88. The molecule has 30 heavy (non-hydrogen) atoms. The second-order valence-electron chi connectivity index (χ2n) is 8.34. The number of aryl methyl sites for hydroxylation is 1. The molecule has 0 bridgehead atoms. The second kappa shape index (κ2) is 6.55. The lowest BCUT2D eigenvalue weighted by Crippen LogP contribution is -2.38. The number of aromatic nitrogens is 4. The van der Waals surface area contributed by atoms with Crippen LogP contribution in [0.2, 0.25) is 0 Å². The summed E-state index contributed by atoms with van der Waals surface area (Å²) in [6, 6.07) is 7.45. The van der Waals surface area contributed by atoms with Gasteiger partial charge in [0.25, 0.3) is 5.56 Å². The Hall–Kier alpha value is -3.42. The molecule has 0 aliphatic carbocycles. The van der Waals surface area contributed by atoms with Gasteiger partial charge in [-0.05, 0) is 18.6 Å². The Labute approximate surface area is 173 Å². The standard InChI is InChI=1S/C22H25N5O3/c1-13(27-12-23-19-18(27)20(29)26(6)21(30)25(19)5)16(28)11-17-22(2,3)14-9-7-8-10-15(14)24(17)4/h7-13H,1-6H3. The number of fused-ring (bicyclic) bond motifs is 2. The molecular weight excluding hydrogens is 382 g/mol. The molecule has 0 saturated carbocycles. The molecule has 0 saturated heterocycles. The van der Waals surface area contributed by atoms with E-state index in [0.717, 1.165) is 21.5 Å². The molecule has 4 rings (SSSR count). The van der Waals surface area contributed by atoms with Crippen molar-refractivity contribution in [2.45, 2.75) is 32.2 Å². The molecule has 2 aromatic heterocycles. The van der Waals surface area contributed by atoms with E-state index in [0.29, 0.717) is 0 Å². The molecule has 1 unspecified atom stereocenters. The molecule has 3 heterocycles. The minimum absolute atomic E-state index is 0.145. The molecule has 0 spiro atoms. The van der Waals surface area contributed by atoms with Gasteiger partial charge in [0.1, 0.15) is 0 Å². The van der Waals surface area contributed by atoms with Crippen LogP contribution >= 0.6 is 0 Å². The first kappa shape index (κ1) is 19.9. The first-order valence-electron chi connectivity index (χ1n) is 9.79. The van der Waals surface area contributed by atoms with Gasteiger partial charge in [0.05, 0.1) is 12.4 Å². The number of anilines is 1. The average molecular weight is 407 g/mol. The van der Waals surface area contributed by atoms with E-state index in [4.69, 9.17) is 0 Å². The van der Waals surface area contributed by atoms with Crippen molar-refractivity contribution in [1.29, 1.82) is 0 Å². The second-order valence-corrected chi connectivity index (χ2v) is 8.34. The summed E-state index contributed by atoms with van der Waals surface area (Å²) < 4.78 is 3.89. The zero-order valence-corrected chi connectivity index (χ0v) is 18.0. The van der Waals surface area contributed by atoms with Crippen LogP contribution < -0.4 is 16.1 Å².